The monoisotopic (exact) mass is 487 g/mol. The van der Waals surface area contributed by atoms with Gasteiger partial charge in [-0.25, -0.2) is 8.42 Å². The Kier molecular flexibility index (Phi) is 7.34. The van der Waals surface area contributed by atoms with E-state index in [1.165, 1.54) is 22.5 Å². The fourth-order valence-electron chi connectivity index (χ4n) is 3.33. The molecule has 0 unspecified atom stereocenters. The Bertz CT molecular complexity index is 1120. The van der Waals surface area contributed by atoms with Crippen molar-refractivity contribution < 1.29 is 36.0 Å². The average molecular weight is 487 g/mol. The summed E-state index contributed by atoms with van der Waals surface area (Å²) in [6.07, 6.45) is -4.75. The lowest BCUT2D eigenvalue weighted by Gasteiger charge is -2.26. The van der Waals surface area contributed by atoms with Crippen LogP contribution in [0.1, 0.15) is 15.9 Å². The van der Waals surface area contributed by atoms with Crippen LogP contribution in [0.3, 0.4) is 0 Å². The fraction of sp³-hybridized carbons (Fsp3) is 0.350. The number of benzene rings is 2. The van der Waals surface area contributed by atoms with Crippen LogP contribution in [0.25, 0.3) is 0 Å². The number of carbonyl (C=O) groups excluding carboxylic acids is 1. The molecule has 1 saturated heterocycles. The topological polar surface area (TPSA) is 110 Å². The predicted molar refractivity (Wildman–Crippen MR) is 110 cm³/mol. The number of morpholine rings is 1. The molecule has 0 aliphatic carbocycles. The Hall–Kier alpha value is -3.03. The average Bonchev–Trinajstić information content (AvgIpc) is 2.78. The Labute approximate surface area is 187 Å². The first-order chi connectivity index (χ1) is 15.5. The number of ether oxygens (including phenoxy) is 1. The molecule has 9 nitrogen and oxygen atoms in total. The molecule has 0 bridgehead atoms. The molecule has 1 aliphatic heterocycles. The van der Waals surface area contributed by atoms with Crippen LogP contribution in [-0.2, 0) is 21.3 Å². The van der Waals surface area contributed by atoms with Crippen molar-refractivity contribution in [2.45, 2.75) is 17.6 Å². The first kappa shape index (κ1) is 24.6. The number of nitrogens with zero attached hydrogens (tertiary/aromatic N) is 3. The molecule has 13 heteroatoms. The summed E-state index contributed by atoms with van der Waals surface area (Å²) in [5, 5.41) is 11.2. The number of nitro groups is 1. The van der Waals surface area contributed by atoms with Crippen molar-refractivity contribution in [3.63, 3.8) is 0 Å². The summed E-state index contributed by atoms with van der Waals surface area (Å²) in [5.74, 6) is -1.04. The smallest absolute Gasteiger partial charge is 0.379 e. The predicted octanol–water partition coefficient (Wildman–Crippen LogP) is 2.82. The zero-order chi connectivity index (χ0) is 24.2. The molecule has 178 valence electrons. The molecule has 0 N–H and O–H groups in total. The van der Waals surface area contributed by atoms with Crippen molar-refractivity contribution in [2.75, 3.05) is 32.8 Å². The third-order valence-corrected chi connectivity index (χ3v) is 6.83. The number of carbonyl (C=O) groups is 1. The third-order valence-electron chi connectivity index (χ3n) is 4.92. The van der Waals surface area contributed by atoms with E-state index in [9.17, 15) is 36.5 Å². The molecule has 0 radical (unpaired) electrons. The number of hydrogen-bond acceptors (Lipinski definition) is 6. The molecule has 0 spiro atoms. The Morgan fingerprint density at radius 2 is 1.70 bits per heavy atom. The van der Waals surface area contributed by atoms with Crippen molar-refractivity contribution in [3.8, 4) is 0 Å². The summed E-state index contributed by atoms with van der Waals surface area (Å²) in [5.41, 5.74) is -0.658. The summed E-state index contributed by atoms with van der Waals surface area (Å²) in [6.45, 7) is -1.47. The number of nitro benzene ring substituents is 1. The quantitative estimate of drug-likeness (QED) is 0.439. The van der Waals surface area contributed by atoms with Crippen LogP contribution in [-0.4, -0.2) is 67.5 Å². The molecule has 1 amide bonds. The maximum absolute atomic E-state index is 13.1. The van der Waals surface area contributed by atoms with Gasteiger partial charge in [0.25, 0.3) is 11.6 Å². The molecule has 1 aliphatic rings. The van der Waals surface area contributed by atoms with E-state index in [0.717, 1.165) is 30.3 Å². The van der Waals surface area contributed by atoms with Crippen LogP contribution in [0.5, 0.6) is 0 Å². The van der Waals surface area contributed by atoms with Gasteiger partial charge in [-0.15, -0.1) is 0 Å². The van der Waals surface area contributed by atoms with E-state index >= 15 is 0 Å². The van der Waals surface area contributed by atoms with Gasteiger partial charge < -0.3 is 9.64 Å². The molecule has 0 atom stereocenters. The molecule has 33 heavy (non-hydrogen) atoms. The van der Waals surface area contributed by atoms with Gasteiger partial charge in [0.05, 0.1) is 29.6 Å². The molecule has 2 aromatic rings. The normalized spacial score (nSPS) is 15.2. The minimum atomic E-state index is -4.75. The van der Waals surface area contributed by atoms with Gasteiger partial charge in [0, 0.05) is 30.3 Å². The van der Waals surface area contributed by atoms with Crippen molar-refractivity contribution in [1.82, 2.24) is 9.21 Å². The van der Waals surface area contributed by atoms with Crippen LogP contribution in [0.4, 0.5) is 18.9 Å². The highest BCUT2D eigenvalue weighted by atomic mass is 32.2. The van der Waals surface area contributed by atoms with Crippen molar-refractivity contribution in [3.05, 3.63) is 69.8 Å². The van der Waals surface area contributed by atoms with E-state index in [1.54, 1.807) is 0 Å². The summed E-state index contributed by atoms with van der Waals surface area (Å²) in [4.78, 5) is 23.6. The van der Waals surface area contributed by atoms with Gasteiger partial charge in [0.1, 0.15) is 6.54 Å². The Morgan fingerprint density at radius 1 is 1.09 bits per heavy atom. The van der Waals surface area contributed by atoms with Gasteiger partial charge in [0.15, 0.2) is 0 Å². The number of sulfonamides is 1. The molecular weight excluding hydrogens is 467 g/mol. The summed E-state index contributed by atoms with van der Waals surface area (Å²) >= 11 is 0. The first-order valence-electron chi connectivity index (χ1n) is 9.75. The highest BCUT2D eigenvalue weighted by Gasteiger charge is 2.34. The van der Waals surface area contributed by atoms with Crippen LogP contribution in [0.2, 0.25) is 0 Å². The van der Waals surface area contributed by atoms with Crippen LogP contribution in [0.15, 0.2) is 53.4 Å². The minimum absolute atomic E-state index is 0.0633. The summed E-state index contributed by atoms with van der Waals surface area (Å²) < 4.78 is 71.2. The molecule has 0 saturated carbocycles. The van der Waals surface area contributed by atoms with Crippen LogP contribution < -0.4 is 0 Å². The first-order valence-corrected chi connectivity index (χ1v) is 11.2. The van der Waals surface area contributed by atoms with E-state index in [1.807, 2.05) is 0 Å². The molecule has 3 rings (SSSR count). The Balaban J connectivity index is 1.86. The van der Waals surface area contributed by atoms with Crippen LogP contribution in [0, 0.1) is 10.1 Å². The number of halogens is 3. The molecule has 0 aromatic heterocycles. The lowest BCUT2D eigenvalue weighted by atomic mass is 10.1. The summed E-state index contributed by atoms with van der Waals surface area (Å²) in [6, 6.07) is 9.74. The van der Waals surface area contributed by atoms with Gasteiger partial charge >= 0.3 is 6.18 Å². The van der Waals surface area contributed by atoms with Crippen LogP contribution >= 0.6 is 0 Å². The Morgan fingerprint density at radius 3 is 2.27 bits per heavy atom. The van der Waals surface area contributed by atoms with Gasteiger partial charge in [0.2, 0.25) is 10.0 Å². The maximum Gasteiger partial charge on any atom is 0.406 e. The SMILES string of the molecule is O=C(c1ccc(S(=O)(=O)N2CCOCC2)cc1)N(Cc1ccccc1[N+](=O)[O-])CC(F)(F)F. The van der Waals surface area contributed by atoms with Crippen molar-refractivity contribution in [1.29, 1.82) is 0 Å². The van der Waals surface area contributed by atoms with E-state index in [0.29, 0.717) is 4.90 Å². The van der Waals surface area contributed by atoms with Gasteiger partial charge in [-0.1, -0.05) is 18.2 Å². The van der Waals surface area contributed by atoms with Crippen molar-refractivity contribution in [2.24, 2.45) is 0 Å². The standard InChI is InChI=1S/C20H20F3N3O6S/c21-20(22,23)14-24(13-16-3-1-2-4-18(16)26(28)29)19(27)15-5-7-17(8-6-15)33(30,31)25-9-11-32-12-10-25/h1-8H,9-14H2. The largest absolute Gasteiger partial charge is 0.406 e. The molecule has 1 heterocycles. The second-order valence-electron chi connectivity index (χ2n) is 7.20. The second kappa shape index (κ2) is 9.85. The lowest BCUT2D eigenvalue weighted by Crippen LogP contribution is -2.40. The van der Waals surface area contributed by atoms with Gasteiger partial charge in [-0.05, 0) is 24.3 Å². The van der Waals surface area contributed by atoms with Crippen molar-refractivity contribution >= 4 is 21.6 Å². The maximum atomic E-state index is 13.1. The van der Waals surface area contributed by atoms with E-state index < -0.39 is 45.8 Å². The second-order valence-corrected chi connectivity index (χ2v) is 9.14. The van der Waals surface area contributed by atoms with Gasteiger partial charge in [-0.3, -0.25) is 14.9 Å². The molecular formula is C20H20F3N3O6S. The fourth-order valence-corrected chi connectivity index (χ4v) is 4.74. The van der Waals surface area contributed by atoms with E-state index in [-0.39, 0.29) is 42.3 Å². The zero-order valence-corrected chi connectivity index (χ0v) is 18.0. The highest BCUT2D eigenvalue weighted by molar-refractivity contribution is 7.89. The number of amides is 1. The number of rotatable bonds is 7. The number of para-hydroxylation sites is 1. The number of alkyl halides is 3. The number of hydrogen-bond donors (Lipinski definition) is 0. The highest BCUT2D eigenvalue weighted by Crippen LogP contribution is 2.25. The minimum Gasteiger partial charge on any atom is -0.379 e. The molecule has 1 fully saturated rings. The lowest BCUT2D eigenvalue weighted by molar-refractivity contribution is -0.385. The van der Waals surface area contributed by atoms with E-state index in [2.05, 4.69) is 0 Å². The van der Waals surface area contributed by atoms with E-state index in [4.69, 9.17) is 4.74 Å². The molecule has 2 aromatic carbocycles. The van der Waals surface area contributed by atoms with Gasteiger partial charge in [-0.2, -0.15) is 17.5 Å². The zero-order valence-electron chi connectivity index (χ0n) is 17.2. The third kappa shape index (κ3) is 6.06. The summed E-state index contributed by atoms with van der Waals surface area (Å²) in [7, 11) is -3.84.